The lowest BCUT2D eigenvalue weighted by molar-refractivity contribution is 0.0479. The van der Waals surface area contributed by atoms with Crippen molar-refractivity contribution >= 4 is 5.91 Å². The summed E-state index contributed by atoms with van der Waals surface area (Å²) in [5.41, 5.74) is 3.14. The maximum absolute atomic E-state index is 12.6. The summed E-state index contributed by atoms with van der Waals surface area (Å²) in [6, 6.07) is 14.9. The van der Waals surface area contributed by atoms with Gasteiger partial charge in [-0.1, -0.05) is 17.7 Å². The summed E-state index contributed by atoms with van der Waals surface area (Å²) < 4.78 is 11.2. The molecule has 0 aromatic heterocycles. The molecule has 1 aliphatic heterocycles. The van der Waals surface area contributed by atoms with E-state index in [-0.39, 0.29) is 11.3 Å². The summed E-state index contributed by atoms with van der Waals surface area (Å²) in [7, 11) is 1.68. The highest BCUT2D eigenvalue weighted by Crippen LogP contribution is 2.40. The number of amides is 1. The summed E-state index contributed by atoms with van der Waals surface area (Å²) >= 11 is 0. The van der Waals surface area contributed by atoms with Gasteiger partial charge in [0.2, 0.25) is 0 Å². The van der Waals surface area contributed by atoms with Crippen molar-refractivity contribution in [1.82, 2.24) is 5.32 Å². The molecule has 2 aromatic rings. The highest BCUT2D eigenvalue weighted by atomic mass is 16.5. The Bertz CT molecular complexity index is 847. The van der Waals surface area contributed by atoms with Gasteiger partial charge in [0.25, 0.3) is 5.91 Å². The van der Waals surface area contributed by atoms with Crippen molar-refractivity contribution < 1.29 is 14.3 Å². The molecule has 1 aliphatic rings. The number of benzene rings is 2. The summed E-state index contributed by atoms with van der Waals surface area (Å²) in [4.78, 5) is 12.6. The zero-order valence-electron chi connectivity index (χ0n) is 15.7. The molecule has 1 N–H and O–H groups in total. The van der Waals surface area contributed by atoms with Crippen LogP contribution >= 0.6 is 0 Å². The molecular formula is C22H24N2O3. The van der Waals surface area contributed by atoms with Crippen LogP contribution in [0.25, 0.3) is 0 Å². The molecule has 1 heterocycles. The molecule has 1 fully saturated rings. The number of ether oxygens (including phenoxy) is 2. The average molecular weight is 364 g/mol. The maximum Gasteiger partial charge on any atom is 0.251 e. The van der Waals surface area contributed by atoms with Crippen molar-refractivity contribution in [3.05, 3.63) is 64.7 Å². The molecule has 0 unspecified atom stereocenters. The molecule has 1 saturated heterocycles. The Labute approximate surface area is 159 Å². The van der Waals surface area contributed by atoms with Gasteiger partial charge in [-0.05, 0) is 50.1 Å². The van der Waals surface area contributed by atoms with E-state index in [4.69, 9.17) is 14.7 Å². The van der Waals surface area contributed by atoms with Gasteiger partial charge in [0, 0.05) is 36.3 Å². The van der Waals surface area contributed by atoms with Crippen LogP contribution in [0.15, 0.2) is 42.5 Å². The third-order valence-electron chi connectivity index (χ3n) is 5.24. The summed E-state index contributed by atoms with van der Waals surface area (Å²) in [5.74, 6) is 0.701. The smallest absolute Gasteiger partial charge is 0.251 e. The highest BCUT2D eigenvalue weighted by molar-refractivity contribution is 5.94. The van der Waals surface area contributed by atoms with Gasteiger partial charge in [0.05, 0.1) is 18.7 Å². The lowest BCUT2D eigenvalue weighted by Crippen LogP contribution is -2.44. The summed E-state index contributed by atoms with van der Waals surface area (Å²) in [6.07, 6.45) is 1.64. The molecule has 5 nitrogen and oxygen atoms in total. The molecule has 2 aromatic carbocycles. The van der Waals surface area contributed by atoms with Crippen LogP contribution in [-0.4, -0.2) is 32.8 Å². The predicted octanol–water partition coefficient (Wildman–Crippen LogP) is 3.35. The molecule has 0 saturated carbocycles. The number of nitriles is 1. The van der Waals surface area contributed by atoms with Gasteiger partial charge >= 0.3 is 0 Å². The van der Waals surface area contributed by atoms with Crippen molar-refractivity contribution in [2.24, 2.45) is 0 Å². The zero-order valence-corrected chi connectivity index (χ0v) is 15.7. The number of nitrogens with zero attached hydrogens (tertiary/aromatic N) is 1. The van der Waals surface area contributed by atoms with Crippen LogP contribution in [0.1, 0.15) is 39.9 Å². The molecule has 0 spiro atoms. The Balaban J connectivity index is 1.84. The number of methoxy groups -OCH3 is 1. The Morgan fingerprint density at radius 1 is 1.22 bits per heavy atom. The van der Waals surface area contributed by atoms with Gasteiger partial charge in [-0.2, -0.15) is 5.26 Å². The van der Waals surface area contributed by atoms with E-state index in [9.17, 15) is 4.79 Å². The third-order valence-corrected chi connectivity index (χ3v) is 5.24. The quantitative estimate of drug-likeness (QED) is 0.883. The van der Waals surface area contributed by atoms with Crippen LogP contribution in [0.3, 0.4) is 0 Å². The number of nitrogens with one attached hydrogen (secondary N) is 1. The molecule has 0 radical (unpaired) electrons. The van der Waals surface area contributed by atoms with Crippen LogP contribution in [0.4, 0.5) is 0 Å². The van der Waals surface area contributed by atoms with Gasteiger partial charge in [-0.3, -0.25) is 4.79 Å². The molecule has 0 bridgehead atoms. The fourth-order valence-electron chi connectivity index (χ4n) is 3.59. The second-order valence-corrected chi connectivity index (χ2v) is 6.97. The largest absolute Gasteiger partial charge is 0.496 e. The summed E-state index contributed by atoms with van der Waals surface area (Å²) in [6.45, 7) is 3.88. The fourth-order valence-corrected chi connectivity index (χ4v) is 3.59. The van der Waals surface area contributed by atoms with Gasteiger partial charge in [0.1, 0.15) is 5.75 Å². The molecule has 140 valence electrons. The van der Waals surface area contributed by atoms with Crippen LogP contribution in [0, 0.1) is 18.3 Å². The molecule has 0 aliphatic carbocycles. The molecule has 5 heteroatoms. The van der Waals surface area contributed by atoms with Crippen molar-refractivity contribution in [1.29, 1.82) is 5.26 Å². The third kappa shape index (κ3) is 4.12. The van der Waals surface area contributed by atoms with E-state index < -0.39 is 0 Å². The van der Waals surface area contributed by atoms with Crippen molar-refractivity contribution in [3.63, 3.8) is 0 Å². The molecule has 27 heavy (non-hydrogen) atoms. The van der Waals surface area contributed by atoms with Crippen LogP contribution in [-0.2, 0) is 10.2 Å². The number of hydrogen-bond acceptors (Lipinski definition) is 4. The Hall–Kier alpha value is -2.84. The van der Waals surface area contributed by atoms with Crippen LogP contribution in [0.5, 0.6) is 5.75 Å². The minimum absolute atomic E-state index is 0.142. The van der Waals surface area contributed by atoms with Gasteiger partial charge < -0.3 is 14.8 Å². The van der Waals surface area contributed by atoms with Crippen molar-refractivity contribution in [3.8, 4) is 11.8 Å². The van der Waals surface area contributed by atoms with Gasteiger partial charge in [0.15, 0.2) is 0 Å². The normalized spacial score (nSPS) is 15.6. The first kappa shape index (κ1) is 18.9. The molecular weight excluding hydrogens is 340 g/mol. The van der Waals surface area contributed by atoms with Crippen molar-refractivity contribution in [2.45, 2.75) is 25.2 Å². The first-order valence-corrected chi connectivity index (χ1v) is 9.09. The van der Waals surface area contributed by atoms with Crippen molar-refractivity contribution in [2.75, 3.05) is 26.9 Å². The van der Waals surface area contributed by atoms with E-state index in [0.717, 1.165) is 29.7 Å². The van der Waals surface area contributed by atoms with Gasteiger partial charge in [-0.15, -0.1) is 0 Å². The zero-order chi connectivity index (χ0) is 19.3. The minimum Gasteiger partial charge on any atom is -0.496 e. The SMILES string of the molecule is COc1ccc(C)cc1C1(CNC(=O)c2ccc(C#N)cc2)CCOCC1. The number of rotatable bonds is 5. The lowest BCUT2D eigenvalue weighted by Gasteiger charge is -2.38. The summed E-state index contributed by atoms with van der Waals surface area (Å²) in [5, 5.41) is 12.0. The lowest BCUT2D eigenvalue weighted by atomic mass is 9.73. The molecule has 1 amide bonds. The van der Waals surface area contributed by atoms with E-state index >= 15 is 0 Å². The average Bonchev–Trinajstić information content (AvgIpc) is 2.72. The number of hydrogen-bond donors (Lipinski definition) is 1. The van der Waals surface area contributed by atoms with E-state index in [2.05, 4.69) is 24.4 Å². The first-order chi connectivity index (χ1) is 13.1. The Morgan fingerprint density at radius 2 is 1.93 bits per heavy atom. The van der Waals surface area contributed by atoms with E-state index in [1.807, 2.05) is 12.1 Å². The fraction of sp³-hybridized carbons (Fsp3) is 0.364. The van der Waals surface area contributed by atoms with E-state index in [1.54, 1.807) is 31.4 Å². The standard InChI is InChI=1S/C22H24N2O3/c1-16-3-8-20(26-2)19(13-16)22(9-11-27-12-10-22)15-24-21(25)18-6-4-17(14-23)5-7-18/h3-8,13H,9-12,15H2,1-2H3,(H,24,25). The first-order valence-electron chi connectivity index (χ1n) is 9.09. The number of carbonyl (C=O) groups excluding carboxylic acids is 1. The topological polar surface area (TPSA) is 71.3 Å². The Kier molecular flexibility index (Phi) is 5.78. The highest BCUT2D eigenvalue weighted by Gasteiger charge is 2.37. The molecule has 0 atom stereocenters. The second-order valence-electron chi connectivity index (χ2n) is 6.97. The van der Waals surface area contributed by atoms with Gasteiger partial charge in [-0.25, -0.2) is 0 Å². The van der Waals surface area contributed by atoms with E-state index in [1.165, 1.54) is 0 Å². The Morgan fingerprint density at radius 3 is 2.56 bits per heavy atom. The molecule has 3 rings (SSSR count). The predicted molar refractivity (Wildman–Crippen MR) is 103 cm³/mol. The van der Waals surface area contributed by atoms with Crippen LogP contribution in [0.2, 0.25) is 0 Å². The number of carbonyl (C=O) groups is 1. The van der Waals surface area contributed by atoms with Crippen LogP contribution < -0.4 is 10.1 Å². The maximum atomic E-state index is 12.6. The minimum atomic E-state index is -0.224. The van der Waals surface area contributed by atoms with E-state index in [0.29, 0.717) is 30.9 Å². The monoisotopic (exact) mass is 364 g/mol. The number of aryl methyl sites for hydroxylation is 1. The second kappa shape index (κ2) is 8.24.